The molecule has 1 aliphatic rings. The fraction of sp³-hybridized carbons (Fsp3) is 0.976. The highest BCUT2D eigenvalue weighted by molar-refractivity contribution is 7.80. The van der Waals surface area contributed by atoms with Crippen LogP contribution >= 0.6 is 0 Å². The summed E-state index contributed by atoms with van der Waals surface area (Å²) in [4.78, 5) is 13.0. The van der Waals surface area contributed by atoms with Gasteiger partial charge in [-0.05, 0) is 12.8 Å². The Morgan fingerprint density at radius 3 is 1.45 bits per heavy atom. The van der Waals surface area contributed by atoms with E-state index in [1.54, 1.807) is 0 Å². The van der Waals surface area contributed by atoms with Crippen molar-refractivity contribution in [3.63, 3.8) is 0 Å². The molecule has 328 valence electrons. The zero-order valence-electron chi connectivity index (χ0n) is 34.8. The second kappa shape index (κ2) is 34.0. The summed E-state index contributed by atoms with van der Waals surface area (Å²) in [6.07, 6.45) is 25.4. The molecule has 1 amide bonds. The molecule has 13 heteroatoms. The molecule has 1 saturated heterocycles. The van der Waals surface area contributed by atoms with E-state index in [2.05, 4.69) is 23.3 Å². The fourth-order valence-corrected chi connectivity index (χ4v) is 7.91. The summed E-state index contributed by atoms with van der Waals surface area (Å²) in [5, 5.41) is 44.7. The number of unbranched alkanes of at least 4 members (excludes halogenated alkanes) is 26. The third-order valence-corrected chi connectivity index (χ3v) is 11.4. The molecule has 55 heavy (non-hydrogen) atoms. The summed E-state index contributed by atoms with van der Waals surface area (Å²) in [5.74, 6) is -0.230. The summed E-state index contributed by atoms with van der Waals surface area (Å²) in [6.45, 7) is 3.43. The largest absolute Gasteiger partial charge is 0.397 e. The van der Waals surface area contributed by atoms with Crippen molar-refractivity contribution in [3.8, 4) is 0 Å². The van der Waals surface area contributed by atoms with E-state index in [9.17, 15) is 33.6 Å². The molecular weight excluding hydrogens is 727 g/mol. The number of ether oxygens (including phenoxy) is 2. The number of aliphatic hydroxyl groups excluding tert-OH is 4. The summed E-state index contributed by atoms with van der Waals surface area (Å²) in [7, 11) is -5.07. The Bertz CT molecular complexity index is 1000. The van der Waals surface area contributed by atoms with Crippen LogP contribution in [0.2, 0.25) is 0 Å². The van der Waals surface area contributed by atoms with E-state index in [4.69, 9.17) is 14.0 Å². The Morgan fingerprint density at radius 1 is 0.655 bits per heavy atom. The molecule has 0 aromatic rings. The number of carbonyl (C=O) groups excluding carboxylic acids is 1. The maximum atomic E-state index is 13.0. The van der Waals surface area contributed by atoms with Crippen LogP contribution in [0.25, 0.3) is 0 Å². The smallest absolute Gasteiger partial charge is 0.394 e. The molecule has 0 aromatic heterocycles. The van der Waals surface area contributed by atoms with Crippen molar-refractivity contribution in [1.29, 1.82) is 0 Å². The van der Waals surface area contributed by atoms with Crippen molar-refractivity contribution < 1.29 is 51.8 Å². The SMILES string of the molecule is CCCCCCCCCCCCCCCCCCCCC(O)C(COC1OC(CO)C(O)C(OS(=O)(=O)O)C1O)NC(=O)CCCCCCCCCCCC. The minimum atomic E-state index is -5.07. The van der Waals surface area contributed by atoms with E-state index in [1.807, 2.05) is 0 Å². The summed E-state index contributed by atoms with van der Waals surface area (Å²) in [5.41, 5.74) is 0. The molecule has 12 nitrogen and oxygen atoms in total. The molecule has 1 rings (SSSR count). The minimum absolute atomic E-state index is 0.230. The highest BCUT2D eigenvalue weighted by Crippen LogP contribution is 2.26. The quantitative estimate of drug-likeness (QED) is 0.0260. The van der Waals surface area contributed by atoms with E-state index in [0.717, 1.165) is 51.4 Å². The molecule has 0 aromatic carbocycles. The lowest BCUT2D eigenvalue weighted by atomic mass is 9.99. The first-order valence-electron chi connectivity index (χ1n) is 22.4. The molecule has 7 atom stereocenters. The van der Waals surface area contributed by atoms with E-state index in [0.29, 0.717) is 12.8 Å². The van der Waals surface area contributed by atoms with Crippen LogP contribution in [-0.4, -0.2) is 95.4 Å². The lowest BCUT2D eigenvalue weighted by Crippen LogP contribution is -2.61. The van der Waals surface area contributed by atoms with Gasteiger partial charge in [0.15, 0.2) is 6.29 Å². The van der Waals surface area contributed by atoms with Crippen LogP contribution < -0.4 is 5.32 Å². The molecule has 6 N–H and O–H groups in total. The molecule has 0 saturated carbocycles. The highest BCUT2D eigenvalue weighted by atomic mass is 32.3. The van der Waals surface area contributed by atoms with Gasteiger partial charge in [-0.15, -0.1) is 0 Å². The summed E-state index contributed by atoms with van der Waals surface area (Å²) < 4.78 is 47.5. The van der Waals surface area contributed by atoms with Gasteiger partial charge in [0.2, 0.25) is 5.91 Å². The molecule has 7 unspecified atom stereocenters. The number of carbonyl (C=O) groups is 1. The van der Waals surface area contributed by atoms with Gasteiger partial charge in [0, 0.05) is 6.42 Å². The average molecular weight is 810 g/mol. The van der Waals surface area contributed by atoms with Crippen molar-refractivity contribution >= 4 is 16.3 Å². The molecule has 1 fully saturated rings. The number of aliphatic hydroxyl groups is 4. The number of hydrogen-bond donors (Lipinski definition) is 6. The third-order valence-electron chi connectivity index (χ3n) is 10.9. The van der Waals surface area contributed by atoms with Crippen LogP contribution in [-0.2, 0) is 28.9 Å². The first kappa shape index (κ1) is 52.1. The number of nitrogens with one attached hydrogen (secondary N) is 1. The molecule has 0 radical (unpaired) electrons. The lowest BCUT2D eigenvalue weighted by Gasteiger charge is -2.41. The number of rotatable bonds is 38. The molecule has 0 aliphatic carbocycles. The van der Waals surface area contributed by atoms with Crippen molar-refractivity contribution in [1.82, 2.24) is 5.32 Å². The van der Waals surface area contributed by atoms with E-state index < -0.39 is 59.9 Å². The second-order valence-electron chi connectivity index (χ2n) is 16.0. The van der Waals surface area contributed by atoms with Gasteiger partial charge in [-0.2, -0.15) is 8.42 Å². The normalized spacial score (nSPS) is 21.5. The van der Waals surface area contributed by atoms with Crippen molar-refractivity contribution in [2.75, 3.05) is 13.2 Å². The van der Waals surface area contributed by atoms with Gasteiger partial charge in [0.1, 0.15) is 24.4 Å². The first-order valence-corrected chi connectivity index (χ1v) is 23.8. The number of hydrogen-bond acceptors (Lipinski definition) is 10. The van der Waals surface area contributed by atoms with Crippen LogP contribution in [0.4, 0.5) is 0 Å². The minimum Gasteiger partial charge on any atom is -0.394 e. The van der Waals surface area contributed by atoms with Gasteiger partial charge in [-0.1, -0.05) is 187 Å². The standard InChI is InChI=1S/C42H83NO11S/c1-3-5-7-9-11-13-15-16-17-18-19-20-21-22-23-25-27-29-31-36(45)35(43-38(46)32-30-28-26-24-14-12-10-8-6-4-2)34-52-42-40(48)41(54-55(49,50)51)39(47)37(33-44)53-42/h35-37,39-42,44-45,47-48H,3-34H2,1-2H3,(H,43,46)(H,49,50,51). The topological polar surface area (TPSA) is 192 Å². The van der Waals surface area contributed by atoms with Crippen LogP contribution in [0.5, 0.6) is 0 Å². The van der Waals surface area contributed by atoms with E-state index in [-0.39, 0.29) is 12.5 Å². The zero-order valence-corrected chi connectivity index (χ0v) is 35.6. The van der Waals surface area contributed by atoms with E-state index in [1.165, 1.54) is 128 Å². The molecule has 1 heterocycles. The van der Waals surface area contributed by atoms with Gasteiger partial charge >= 0.3 is 10.4 Å². The van der Waals surface area contributed by atoms with Gasteiger partial charge < -0.3 is 35.2 Å². The number of amides is 1. The maximum Gasteiger partial charge on any atom is 0.397 e. The van der Waals surface area contributed by atoms with Crippen LogP contribution in [0.15, 0.2) is 0 Å². The van der Waals surface area contributed by atoms with Gasteiger partial charge in [0.25, 0.3) is 0 Å². The van der Waals surface area contributed by atoms with Gasteiger partial charge in [-0.25, -0.2) is 4.18 Å². The average Bonchev–Trinajstić information content (AvgIpc) is 3.15. The van der Waals surface area contributed by atoms with Crippen LogP contribution in [0, 0.1) is 0 Å². The summed E-state index contributed by atoms with van der Waals surface area (Å²) in [6, 6.07) is -0.849. The third kappa shape index (κ3) is 27.4. The summed E-state index contributed by atoms with van der Waals surface area (Å²) >= 11 is 0. The Morgan fingerprint density at radius 2 is 1.05 bits per heavy atom. The Labute approximate surface area is 335 Å². The van der Waals surface area contributed by atoms with Gasteiger partial charge in [0.05, 0.1) is 25.4 Å². The molecule has 1 aliphatic heterocycles. The maximum absolute atomic E-state index is 13.0. The predicted octanol–water partition coefficient (Wildman–Crippen LogP) is 8.22. The monoisotopic (exact) mass is 810 g/mol. The van der Waals surface area contributed by atoms with Crippen LogP contribution in [0.1, 0.15) is 206 Å². The van der Waals surface area contributed by atoms with E-state index >= 15 is 0 Å². The Kier molecular flexibility index (Phi) is 32.2. The molecule has 0 bridgehead atoms. The van der Waals surface area contributed by atoms with Crippen molar-refractivity contribution in [2.45, 2.75) is 249 Å². The molecular formula is C42H83NO11S. The second-order valence-corrected chi connectivity index (χ2v) is 17.0. The zero-order chi connectivity index (χ0) is 40.6. The van der Waals surface area contributed by atoms with Crippen molar-refractivity contribution in [2.24, 2.45) is 0 Å². The van der Waals surface area contributed by atoms with Gasteiger partial charge in [-0.3, -0.25) is 9.35 Å². The highest BCUT2D eigenvalue weighted by Gasteiger charge is 2.48. The lowest BCUT2D eigenvalue weighted by molar-refractivity contribution is -0.298. The Hall–Kier alpha value is -0.900. The molecule has 0 spiro atoms. The first-order chi connectivity index (χ1) is 26.5. The Balaban J connectivity index is 2.48. The van der Waals surface area contributed by atoms with Crippen LogP contribution in [0.3, 0.4) is 0 Å². The fourth-order valence-electron chi connectivity index (χ4n) is 7.40. The van der Waals surface area contributed by atoms with Crippen molar-refractivity contribution in [3.05, 3.63) is 0 Å². The predicted molar refractivity (Wildman–Crippen MR) is 218 cm³/mol.